The first-order valence-corrected chi connectivity index (χ1v) is 4.58. The molecule has 0 aromatic rings. The van der Waals surface area contributed by atoms with Gasteiger partial charge in [-0.05, 0) is 20.3 Å². The van der Waals surface area contributed by atoms with Gasteiger partial charge in [-0.1, -0.05) is 0 Å². The third-order valence-corrected chi connectivity index (χ3v) is 2.11. The van der Waals surface area contributed by atoms with Crippen LogP contribution >= 0.6 is 0 Å². The van der Waals surface area contributed by atoms with E-state index in [9.17, 15) is 9.59 Å². The van der Waals surface area contributed by atoms with E-state index < -0.39 is 17.5 Å². The van der Waals surface area contributed by atoms with Crippen LogP contribution in [0.5, 0.6) is 0 Å². The zero-order valence-corrected chi connectivity index (χ0v) is 8.45. The first-order valence-electron chi connectivity index (χ1n) is 4.58. The van der Waals surface area contributed by atoms with Crippen molar-refractivity contribution in [2.45, 2.75) is 25.9 Å². The number of carboxylic acids is 1. The fourth-order valence-corrected chi connectivity index (χ4v) is 1.50. The third-order valence-electron chi connectivity index (χ3n) is 2.11. The molecule has 1 aliphatic rings. The normalized spacial score (nSPS) is 21.4. The molecule has 1 saturated heterocycles. The lowest BCUT2D eigenvalue weighted by Crippen LogP contribution is -2.44. The molecule has 14 heavy (non-hydrogen) atoms. The SMILES string of the molecule is CC1(C)CN(C(=O)C(=O)O)CCCO1. The molecule has 80 valence electrons. The first kappa shape index (κ1) is 11.0. The fraction of sp³-hybridized carbons (Fsp3) is 0.778. The van der Waals surface area contributed by atoms with Crippen LogP contribution in [0.4, 0.5) is 0 Å². The third kappa shape index (κ3) is 2.70. The van der Waals surface area contributed by atoms with E-state index >= 15 is 0 Å². The molecule has 1 N–H and O–H groups in total. The van der Waals surface area contributed by atoms with Gasteiger partial charge in [-0.2, -0.15) is 0 Å². The van der Waals surface area contributed by atoms with Crippen LogP contribution < -0.4 is 0 Å². The van der Waals surface area contributed by atoms with E-state index in [0.29, 0.717) is 26.1 Å². The molecule has 0 spiro atoms. The lowest BCUT2D eigenvalue weighted by molar-refractivity contribution is -0.156. The van der Waals surface area contributed by atoms with Gasteiger partial charge in [0.05, 0.1) is 5.60 Å². The molecule has 0 aromatic carbocycles. The Morgan fingerprint density at radius 1 is 1.43 bits per heavy atom. The number of amides is 1. The van der Waals surface area contributed by atoms with E-state index in [4.69, 9.17) is 9.84 Å². The van der Waals surface area contributed by atoms with E-state index in [0.717, 1.165) is 0 Å². The minimum atomic E-state index is -1.40. The number of hydrogen-bond donors (Lipinski definition) is 1. The second kappa shape index (κ2) is 3.96. The van der Waals surface area contributed by atoms with E-state index in [1.165, 1.54) is 4.90 Å². The van der Waals surface area contributed by atoms with Crippen molar-refractivity contribution in [3.63, 3.8) is 0 Å². The van der Waals surface area contributed by atoms with Crippen molar-refractivity contribution >= 4 is 11.9 Å². The molecular weight excluding hydrogens is 186 g/mol. The molecule has 0 aromatic heterocycles. The molecule has 0 radical (unpaired) electrons. The quantitative estimate of drug-likeness (QED) is 0.564. The molecule has 0 atom stereocenters. The Bertz CT molecular complexity index is 249. The molecule has 1 aliphatic heterocycles. The van der Waals surface area contributed by atoms with E-state index in [-0.39, 0.29) is 0 Å². The minimum absolute atomic E-state index is 0.331. The smallest absolute Gasteiger partial charge is 0.394 e. The van der Waals surface area contributed by atoms with Gasteiger partial charge in [0.2, 0.25) is 0 Å². The number of carboxylic acid groups (broad SMARTS) is 1. The summed E-state index contributed by atoms with van der Waals surface area (Å²) in [4.78, 5) is 23.0. The largest absolute Gasteiger partial charge is 0.474 e. The maximum absolute atomic E-state index is 11.2. The molecule has 0 aliphatic carbocycles. The maximum atomic E-state index is 11.2. The summed E-state index contributed by atoms with van der Waals surface area (Å²) in [5.74, 6) is -2.24. The summed E-state index contributed by atoms with van der Waals surface area (Å²) >= 11 is 0. The van der Waals surface area contributed by atoms with Gasteiger partial charge in [0.25, 0.3) is 0 Å². The second-order valence-corrected chi connectivity index (χ2v) is 3.99. The predicted octanol–water partition coefficient (Wildman–Crippen LogP) is 0.0985. The van der Waals surface area contributed by atoms with Crippen molar-refractivity contribution in [2.24, 2.45) is 0 Å². The summed E-state index contributed by atoms with van der Waals surface area (Å²) in [5.41, 5.74) is -0.457. The maximum Gasteiger partial charge on any atom is 0.394 e. The van der Waals surface area contributed by atoms with Crippen LogP contribution in [0.25, 0.3) is 0 Å². The van der Waals surface area contributed by atoms with Gasteiger partial charge in [0, 0.05) is 19.7 Å². The highest BCUT2D eigenvalue weighted by Gasteiger charge is 2.30. The lowest BCUT2D eigenvalue weighted by atomic mass is 10.1. The van der Waals surface area contributed by atoms with Crippen molar-refractivity contribution in [1.82, 2.24) is 4.90 Å². The van der Waals surface area contributed by atoms with E-state index in [1.54, 1.807) is 0 Å². The Morgan fingerprint density at radius 2 is 2.07 bits per heavy atom. The Kier molecular flexibility index (Phi) is 3.10. The first-order chi connectivity index (χ1) is 6.42. The molecule has 1 rings (SSSR count). The molecule has 5 heteroatoms. The van der Waals surface area contributed by atoms with Crippen molar-refractivity contribution in [3.05, 3.63) is 0 Å². The molecule has 1 fully saturated rings. The van der Waals surface area contributed by atoms with Gasteiger partial charge in [-0.25, -0.2) is 4.79 Å². The van der Waals surface area contributed by atoms with E-state index in [1.807, 2.05) is 13.8 Å². The summed E-state index contributed by atoms with van der Waals surface area (Å²) in [6.07, 6.45) is 0.683. The number of hydrogen-bond acceptors (Lipinski definition) is 3. The Labute approximate surface area is 82.6 Å². The molecule has 1 heterocycles. The number of carbonyl (C=O) groups excluding carboxylic acids is 1. The number of carbonyl (C=O) groups is 2. The molecular formula is C9H15NO4. The van der Waals surface area contributed by atoms with Crippen LogP contribution in [0.2, 0.25) is 0 Å². The summed E-state index contributed by atoms with van der Waals surface area (Å²) in [7, 11) is 0. The zero-order valence-electron chi connectivity index (χ0n) is 8.45. The fourth-order valence-electron chi connectivity index (χ4n) is 1.50. The summed E-state index contributed by atoms with van der Waals surface area (Å²) in [6, 6.07) is 0. The van der Waals surface area contributed by atoms with Gasteiger partial charge in [0.15, 0.2) is 0 Å². The average Bonchev–Trinajstić information content (AvgIpc) is 2.24. The van der Waals surface area contributed by atoms with E-state index in [2.05, 4.69) is 0 Å². The predicted molar refractivity (Wildman–Crippen MR) is 48.9 cm³/mol. The minimum Gasteiger partial charge on any atom is -0.474 e. The average molecular weight is 201 g/mol. The Morgan fingerprint density at radius 3 is 2.64 bits per heavy atom. The Balaban J connectivity index is 2.69. The Hall–Kier alpha value is -1.10. The molecule has 0 bridgehead atoms. The van der Waals surface area contributed by atoms with Crippen LogP contribution in [0.1, 0.15) is 20.3 Å². The van der Waals surface area contributed by atoms with Gasteiger partial charge < -0.3 is 14.7 Å². The zero-order chi connectivity index (χ0) is 10.8. The monoisotopic (exact) mass is 201 g/mol. The topological polar surface area (TPSA) is 66.8 Å². The van der Waals surface area contributed by atoms with Crippen molar-refractivity contribution in [1.29, 1.82) is 0 Å². The van der Waals surface area contributed by atoms with Crippen LogP contribution in [0, 0.1) is 0 Å². The number of nitrogens with zero attached hydrogens (tertiary/aromatic N) is 1. The standard InChI is InChI=1S/C9H15NO4/c1-9(2)6-10(4-3-5-14-9)7(11)8(12)13/h3-6H2,1-2H3,(H,12,13). The van der Waals surface area contributed by atoms with Crippen LogP contribution in [-0.4, -0.2) is 47.2 Å². The lowest BCUT2D eigenvalue weighted by Gasteiger charge is -2.27. The molecule has 1 amide bonds. The highest BCUT2D eigenvalue weighted by atomic mass is 16.5. The summed E-state index contributed by atoms with van der Waals surface area (Å²) < 4.78 is 5.46. The molecule has 5 nitrogen and oxygen atoms in total. The van der Waals surface area contributed by atoms with Gasteiger partial charge in [0.1, 0.15) is 0 Å². The van der Waals surface area contributed by atoms with Gasteiger partial charge >= 0.3 is 11.9 Å². The van der Waals surface area contributed by atoms with Crippen LogP contribution in [0.15, 0.2) is 0 Å². The van der Waals surface area contributed by atoms with Crippen LogP contribution in [-0.2, 0) is 14.3 Å². The number of ether oxygens (including phenoxy) is 1. The van der Waals surface area contributed by atoms with Crippen molar-refractivity contribution in [2.75, 3.05) is 19.7 Å². The highest BCUT2D eigenvalue weighted by molar-refractivity contribution is 6.31. The molecule has 0 unspecified atom stereocenters. The van der Waals surface area contributed by atoms with Gasteiger partial charge in [-0.3, -0.25) is 4.79 Å². The van der Waals surface area contributed by atoms with Crippen molar-refractivity contribution < 1.29 is 19.4 Å². The summed E-state index contributed by atoms with van der Waals surface area (Å²) in [5, 5.41) is 8.56. The van der Waals surface area contributed by atoms with Gasteiger partial charge in [-0.15, -0.1) is 0 Å². The second-order valence-electron chi connectivity index (χ2n) is 3.99. The molecule has 0 saturated carbocycles. The van der Waals surface area contributed by atoms with Crippen molar-refractivity contribution in [3.8, 4) is 0 Å². The number of aliphatic carboxylic acids is 1. The summed E-state index contributed by atoms with van der Waals surface area (Å²) in [6.45, 7) is 5.05. The highest BCUT2D eigenvalue weighted by Crippen LogP contribution is 2.16. The van der Waals surface area contributed by atoms with Crippen LogP contribution in [0.3, 0.4) is 0 Å². The number of rotatable bonds is 0.